The molecule has 0 aromatic heterocycles. The van der Waals surface area contributed by atoms with Crippen molar-refractivity contribution < 1.29 is 13.2 Å². The molecule has 0 bridgehead atoms. The third-order valence-corrected chi connectivity index (χ3v) is 1.69. The number of rotatable bonds is 4. The minimum Gasteiger partial charge on any atom is -0.378 e. The maximum atomic E-state index is 12.3. The molecule has 0 spiro atoms. The standard InChI is InChI=1S/C10H15F3N2.C2H6/c1-8(15(2)3)4-5-9(6-7-14)10(11,12)13;1-2/h4-6H,1,7,14H2,2-3H3;1-2H3/b5-4-,9-6+;. The highest BCUT2D eigenvalue weighted by molar-refractivity contribution is 5.29. The predicted molar refractivity (Wildman–Crippen MR) is 66.5 cm³/mol. The highest BCUT2D eigenvalue weighted by Crippen LogP contribution is 2.26. The van der Waals surface area contributed by atoms with Crippen LogP contribution in [0, 0.1) is 0 Å². The molecule has 0 radical (unpaired) electrons. The molecule has 2 N–H and O–H groups in total. The van der Waals surface area contributed by atoms with Crippen LogP contribution in [-0.4, -0.2) is 31.7 Å². The molecular weight excluding hydrogens is 229 g/mol. The minimum absolute atomic E-state index is 0.145. The maximum Gasteiger partial charge on any atom is 0.416 e. The van der Waals surface area contributed by atoms with E-state index in [0.717, 1.165) is 12.2 Å². The van der Waals surface area contributed by atoms with Gasteiger partial charge in [0.1, 0.15) is 0 Å². The van der Waals surface area contributed by atoms with Crippen LogP contribution in [0.4, 0.5) is 13.2 Å². The molecule has 0 atom stereocenters. The average Bonchev–Trinajstić information content (AvgIpc) is 2.24. The van der Waals surface area contributed by atoms with E-state index >= 15 is 0 Å². The van der Waals surface area contributed by atoms with Gasteiger partial charge in [0.25, 0.3) is 0 Å². The smallest absolute Gasteiger partial charge is 0.378 e. The van der Waals surface area contributed by atoms with Gasteiger partial charge in [-0.1, -0.05) is 26.5 Å². The van der Waals surface area contributed by atoms with Crippen LogP contribution in [0.5, 0.6) is 0 Å². The van der Waals surface area contributed by atoms with Crippen molar-refractivity contribution in [3.05, 3.63) is 36.1 Å². The molecule has 0 aliphatic heterocycles. The first-order valence-electron chi connectivity index (χ1n) is 5.30. The topological polar surface area (TPSA) is 29.3 Å². The lowest BCUT2D eigenvalue weighted by Gasteiger charge is -2.12. The number of hydrogen-bond donors (Lipinski definition) is 1. The zero-order chi connectivity index (χ0) is 14.1. The summed E-state index contributed by atoms with van der Waals surface area (Å²) >= 11 is 0. The van der Waals surface area contributed by atoms with Gasteiger partial charge in [0.2, 0.25) is 0 Å². The molecule has 0 heterocycles. The highest BCUT2D eigenvalue weighted by Gasteiger charge is 2.31. The normalized spacial score (nSPS) is 12.1. The van der Waals surface area contributed by atoms with Crippen molar-refractivity contribution in [2.75, 3.05) is 20.6 Å². The van der Waals surface area contributed by atoms with E-state index in [1.165, 1.54) is 6.08 Å². The second kappa shape index (κ2) is 8.87. The first-order valence-corrected chi connectivity index (χ1v) is 5.30. The fourth-order valence-corrected chi connectivity index (χ4v) is 0.740. The summed E-state index contributed by atoms with van der Waals surface area (Å²) in [6, 6.07) is 0. The van der Waals surface area contributed by atoms with E-state index < -0.39 is 11.7 Å². The minimum atomic E-state index is -4.37. The Balaban J connectivity index is 0. The van der Waals surface area contributed by atoms with Crippen LogP contribution in [0.25, 0.3) is 0 Å². The molecule has 2 nitrogen and oxygen atoms in total. The first-order chi connectivity index (χ1) is 7.79. The highest BCUT2D eigenvalue weighted by atomic mass is 19.4. The molecule has 0 aromatic carbocycles. The van der Waals surface area contributed by atoms with Crippen molar-refractivity contribution in [1.82, 2.24) is 4.90 Å². The second-order valence-corrected chi connectivity index (χ2v) is 3.11. The summed E-state index contributed by atoms with van der Waals surface area (Å²) < 4.78 is 37.0. The van der Waals surface area contributed by atoms with Crippen LogP contribution >= 0.6 is 0 Å². The van der Waals surface area contributed by atoms with Gasteiger partial charge in [-0.25, -0.2) is 0 Å². The van der Waals surface area contributed by atoms with Crippen molar-refractivity contribution in [2.45, 2.75) is 20.0 Å². The molecular formula is C12H21F3N2. The number of alkyl halides is 3. The molecule has 0 saturated carbocycles. The molecule has 0 amide bonds. The van der Waals surface area contributed by atoms with Gasteiger partial charge in [0.15, 0.2) is 0 Å². The molecule has 5 heteroatoms. The monoisotopic (exact) mass is 250 g/mol. The lowest BCUT2D eigenvalue weighted by molar-refractivity contribution is -0.0883. The third kappa shape index (κ3) is 8.56. The molecule has 0 aliphatic carbocycles. The predicted octanol–water partition coefficient (Wildman–Crippen LogP) is 3.09. The molecule has 0 aromatic rings. The molecule has 17 heavy (non-hydrogen) atoms. The fraction of sp³-hybridized carbons (Fsp3) is 0.500. The Kier molecular flexibility index (Phi) is 9.47. The van der Waals surface area contributed by atoms with E-state index in [1.807, 2.05) is 13.8 Å². The SMILES string of the molecule is C=C(/C=C\C(=C/CN)C(F)(F)F)N(C)C.CC. The number of allylic oxidation sites excluding steroid dienone is 3. The van der Waals surface area contributed by atoms with Gasteiger partial charge in [-0.15, -0.1) is 0 Å². The van der Waals surface area contributed by atoms with Crippen LogP contribution < -0.4 is 5.73 Å². The Labute approximate surface area is 101 Å². The zero-order valence-corrected chi connectivity index (χ0v) is 10.8. The second-order valence-electron chi connectivity index (χ2n) is 3.11. The summed E-state index contributed by atoms with van der Waals surface area (Å²) in [5, 5.41) is 0. The van der Waals surface area contributed by atoms with E-state index in [2.05, 4.69) is 6.58 Å². The lowest BCUT2D eigenvalue weighted by atomic mass is 10.2. The van der Waals surface area contributed by atoms with E-state index in [9.17, 15) is 13.2 Å². The van der Waals surface area contributed by atoms with Crippen LogP contribution in [0.15, 0.2) is 36.1 Å². The van der Waals surface area contributed by atoms with Gasteiger partial charge in [0.05, 0.1) is 5.57 Å². The summed E-state index contributed by atoms with van der Waals surface area (Å²) in [5.74, 6) is 0. The van der Waals surface area contributed by atoms with Crippen LogP contribution in [0.1, 0.15) is 13.8 Å². The summed E-state index contributed by atoms with van der Waals surface area (Å²) in [5.41, 5.74) is 4.78. The number of likely N-dealkylation sites (N-methyl/N-ethyl adjacent to an activating group) is 1. The Morgan fingerprint density at radius 2 is 1.71 bits per heavy atom. The fourth-order valence-electron chi connectivity index (χ4n) is 0.740. The van der Waals surface area contributed by atoms with E-state index in [-0.39, 0.29) is 6.54 Å². The van der Waals surface area contributed by atoms with Gasteiger partial charge in [-0.3, -0.25) is 0 Å². The van der Waals surface area contributed by atoms with Gasteiger partial charge in [0, 0.05) is 26.3 Å². The van der Waals surface area contributed by atoms with Gasteiger partial charge in [-0.2, -0.15) is 13.2 Å². The zero-order valence-electron chi connectivity index (χ0n) is 10.8. The lowest BCUT2D eigenvalue weighted by Crippen LogP contribution is -2.13. The Morgan fingerprint density at radius 3 is 2.00 bits per heavy atom. The van der Waals surface area contributed by atoms with Crippen LogP contribution in [-0.2, 0) is 0 Å². The quantitative estimate of drug-likeness (QED) is 0.777. The number of hydrogen-bond acceptors (Lipinski definition) is 2. The molecule has 0 aliphatic rings. The van der Waals surface area contributed by atoms with E-state index in [1.54, 1.807) is 19.0 Å². The summed E-state index contributed by atoms with van der Waals surface area (Å²) in [4.78, 5) is 1.62. The largest absolute Gasteiger partial charge is 0.416 e. The summed E-state index contributed by atoms with van der Waals surface area (Å²) in [6.45, 7) is 7.44. The maximum absolute atomic E-state index is 12.3. The Hall–Kier alpha value is -1.23. The van der Waals surface area contributed by atoms with E-state index in [0.29, 0.717) is 5.70 Å². The van der Waals surface area contributed by atoms with Crippen LogP contribution in [0.2, 0.25) is 0 Å². The van der Waals surface area contributed by atoms with Gasteiger partial charge < -0.3 is 10.6 Å². The summed E-state index contributed by atoms with van der Waals surface area (Å²) in [6.07, 6.45) is -1.17. The Morgan fingerprint density at radius 1 is 1.24 bits per heavy atom. The summed E-state index contributed by atoms with van der Waals surface area (Å²) in [7, 11) is 3.40. The van der Waals surface area contributed by atoms with Crippen molar-refractivity contribution in [3.8, 4) is 0 Å². The van der Waals surface area contributed by atoms with Crippen molar-refractivity contribution in [3.63, 3.8) is 0 Å². The number of halogens is 3. The van der Waals surface area contributed by atoms with Crippen molar-refractivity contribution in [1.29, 1.82) is 0 Å². The molecule has 0 fully saturated rings. The van der Waals surface area contributed by atoms with Gasteiger partial charge >= 0.3 is 6.18 Å². The van der Waals surface area contributed by atoms with Crippen LogP contribution in [0.3, 0.4) is 0 Å². The first kappa shape index (κ1) is 18.1. The third-order valence-electron chi connectivity index (χ3n) is 1.69. The molecule has 0 saturated heterocycles. The van der Waals surface area contributed by atoms with Crippen molar-refractivity contribution >= 4 is 0 Å². The molecule has 100 valence electrons. The average molecular weight is 250 g/mol. The Bertz CT molecular complexity index is 276. The molecule has 0 rings (SSSR count). The number of nitrogens with two attached hydrogens (primary N) is 1. The van der Waals surface area contributed by atoms with E-state index in [4.69, 9.17) is 5.73 Å². The van der Waals surface area contributed by atoms with Crippen molar-refractivity contribution in [2.24, 2.45) is 5.73 Å². The molecule has 0 unspecified atom stereocenters. The number of nitrogens with zero attached hydrogens (tertiary/aromatic N) is 1. The van der Waals surface area contributed by atoms with Gasteiger partial charge in [-0.05, 0) is 12.2 Å².